The van der Waals surface area contributed by atoms with Crippen molar-refractivity contribution in [2.75, 3.05) is 38.5 Å². The van der Waals surface area contributed by atoms with Crippen molar-refractivity contribution in [1.29, 1.82) is 0 Å². The number of piperazine rings is 1. The van der Waals surface area contributed by atoms with Gasteiger partial charge >= 0.3 is 0 Å². The van der Waals surface area contributed by atoms with E-state index in [1.807, 2.05) is 54.4 Å². The topological polar surface area (TPSA) is 107 Å². The normalized spacial score (nSPS) is 22.8. The number of sulfone groups is 1. The van der Waals surface area contributed by atoms with Crippen LogP contribution in [0.15, 0.2) is 71.3 Å². The summed E-state index contributed by atoms with van der Waals surface area (Å²) >= 11 is 0. The van der Waals surface area contributed by atoms with Crippen molar-refractivity contribution in [2.24, 2.45) is 0 Å². The number of aliphatic hydroxyl groups excluding tert-OH is 1. The molecule has 5 rings (SSSR count). The third-order valence-corrected chi connectivity index (χ3v) is 9.71. The number of anilines is 1. The average molecular weight is 550 g/mol. The Morgan fingerprint density at radius 1 is 1.15 bits per heavy atom. The Bertz CT molecular complexity index is 1470. The van der Waals surface area contributed by atoms with Crippen molar-refractivity contribution in [3.63, 3.8) is 0 Å². The highest BCUT2D eigenvalue weighted by Crippen LogP contribution is 2.37. The zero-order valence-electron chi connectivity index (χ0n) is 22.8. The number of carbonyl (C=O) groups excluding carboxylic acids is 1. The molecule has 0 saturated carbocycles. The molecule has 0 radical (unpaired) electrons. The number of amides is 1. The second-order valence-electron chi connectivity index (χ2n) is 10.8. The van der Waals surface area contributed by atoms with E-state index in [0.717, 1.165) is 35.5 Å². The van der Waals surface area contributed by atoms with Crippen LogP contribution in [-0.2, 0) is 20.4 Å². The second kappa shape index (κ2) is 10.7. The number of nitrogens with two attached hydrogens (primary N) is 1. The summed E-state index contributed by atoms with van der Waals surface area (Å²) in [7, 11) is -1.59. The van der Waals surface area contributed by atoms with E-state index in [4.69, 9.17) is 0 Å². The summed E-state index contributed by atoms with van der Waals surface area (Å²) in [6, 6.07) is 10.7. The molecule has 0 spiro atoms. The van der Waals surface area contributed by atoms with Gasteiger partial charge in [-0.2, -0.15) is 0 Å². The van der Waals surface area contributed by atoms with E-state index in [9.17, 15) is 18.3 Å². The third kappa shape index (κ3) is 5.45. The van der Waals surface area contributed by atoms with Gasteiger partial charge in [-0.25, -0.2) is 8.42 Å². The summed E-state index contributed by atoms with van der Waals surface area (Å²) in [6.07, 6.45) is 3.21. The highest BCUT2D eigenvalue weighted by molar-refractivity contribution is 7.90. The quantitative estimate of drug-likeness (QED) is 0.476. The first-order chi connectivity index (χ1) is 18.6. The Hall–Kier alpha value is -3.24. The summed E-state index contributed by atoms with van der Waals surface area (Å²) in [4.78, 5) is 17.8. The van der Waals surface area contributed by atoms with Crippen molar-refractivity contribution in [3.05, 3.63) is 88.7 Å². The Kier molecular flexibility index (Phi) is 7.52. The molecular formula is C30H37N4O4S+. The molecular weight excluding hydrogens is 512 g/mol. The molecule has 0 bridgehead atoms. The van der Waals surface area contributed by atoms with Crippen LogP contribution >= 0.6 is 0 Å². The van der Waals surface area contributed by atoms with E-state index in [-0.39, 0.29) is 22.6 Å². The molecule has 3 heterocycles. The van der Waals surface area contributed by atoms with Gasteiger partial charge in [-0.05, 0) is 61.9 Å². The van der Waals surface area contributed by atoms with Crippen LogP contribution in [0.2, 0.25) is 0 Å². The van der Waals surface area contributed by atoms with Gasteiger partial charge in [0.25, 0.3) is 5.91 Å². The maximum atomic E-state index is 13.5. The zero-order valence-corrected chi connectivity index (χ0v) is 23.6. The van der Waals surface area contributed by atoms with Gasteiger partial charge in [0, 0.05) is 55.5 Å². The van der Waals surface area contributed by atoms with Crippen LogP contribution in [-0.4, -0.2) is 74.7 Å². The highest BCUT2D eigenvalue weighted by atomic mass is 32.2. The van der Waals surface area contributed by atoms with Gasteiger partial charge in [0.15, 0.2) is 16.1 Å². The van der Waals surface area contributed by atoms with Gasteiger partial charge < -0.3 is 25.5 Å². The van der Waals surface area contributed by atoms with Crippen LogP contribution in [0.3, 0.4) is 0 Å². The lowest BCUT2D eigenvalue weighted by atomic mass is 10.0. The molecule has 2 aromatic rings. The van der Waals surface area contributed by atoms with Crippen LogP contribution in [0.5, 0.6) is 0 Å². The summed E-state index contributed by atoms with van der Waals surface area (Å²) in [5, 5.41) is 16.0. The van der Waals surface area contributed by atoms with E-state index < -0.39 is 16.1 Å². The lowest BCUT2D eigenvalue weighted by Crippen LogP contribution is -2.85. The molecule has 1 fully saturated rings. The fraction of sp³-hybridized carbons (Fsp3) is 0.367. The predicted molar refractivity (Wildman–Crippen MR) is 152 cm³/mol. The monoisotopic (exact) mass is 549 g/mol. The predicted octanol–water partition coefficient (Wildman–Crippen LogP) is 1.95. The number of aliphatic hydroxyl groups is 1. The molecule has 2 aromatic carbocycles. The lowest BCUT2D eigenvalue weighted by Gasteiger charge is -2.32. The number of carbonyl (C=O) groups is 1. The minimum atomic E-state index is -3.64. The van der Waals surface area contributed by atoms with Crippen molar-refractivity contribution in [1.82, 2.24) is 9.80 Å². The van der Waals surface area contributed by atoms with E-state index in [1.165, 1.54) is 0 Å². The number of nitrogens with one attached hydrogen (secondary N) is 1. The van der Waals surface area contributed by atoms with Gasteiger partial charge in [-0.1, -0.05) is 24.8 Å². The van der Waals surface area contributed by atoms with Crippen molar-refractivity contribution >= 4 is 27.0 Å². The number of rotatable bonds is 6. The third-order valence-electron chi connectivity index (χ3n) is 8.07. The number of allylic oxidation sites excluding steroid dienone is 1. The highest BCUT2D eigenvalue weighted by Gasteiger charge is 2.35. The molecule has 1 amide bonds. The van der Waals surface area contributed by atoms with Crippen molar-refractivity contribution in [3.8, 4) is 0 Å². The number of hydrogen-bond donors (Lipinski definition) is 3. The van der Waals surface area contributed by atoms with E-state index >= 15 is 0 Å². The van der Waals surface area contributed by atoms with Crippen LogP contribution in [0.1, 0.15) is 28.7 Å². The smallest absolute Gasteiger partial charge is 0.256 e. The van der Waals surface area contributed by atoms with Gasteiger partial charge in [0.2, 0.25) is 0 Å². The average Bonchev–Trinajstić information content (AvgIpc) is 3.46. The fourth-order valence-electron chi connectivity index (χ4n) is 5.57. The number of likely N-dealkylation sites (N-methyl/N-ethyl adjacent to an activating group) is 1. The fourth-order valence-corrected chi connectivity index (χ4v) is 7.14. The molecule has 39 heavy (non-hydrogen) atoms. The molecule has 2 atom stereocenters. The zero-order chi connectivity index (χ0) is 27.9. The van der Waals surface area contributed by atoms with Gasteiger partial charge in [0.05, 0.1) is 16.2 Å². The first kappa shape index (κ1) is 27.3. The number of nitrogens with zero attached hydrogens (tertiary/aromatic N) is 2. The summed E-state index contributed by atoms with van der Waals surface area (Å²) in [5.74, 6) is -0.0794. The molecule has 1 saturated heterocycles. The maximum absolute atomic E-state index is 13.5. The largest absolute Gasteiger partial charge is 0.369 e. The second-order valence-corrected chi connectivity index (χ2v) is 12.8. The molecule has 2 unspecified atom stereocenters. The maximum Gasteiger partial charge on any atom is 0.256 e. The van der Waals surface area contributed by atoms with Crippen LogP contribution in [0, 0.1) is 13.8 Å². The lowest BCUT2D eigenvalue weighted by molar-refractivity contribution is -0.618. The van der Waals surface area contributed by atoms with Crippen LogP contribution in [0.25, 0.3) is 5.57 Å². The molecule has 3 aliphatic rings. The van der Waals surface area contributed by atoms with Gasteiger partial charge in [0.1, 0.15) is 11.7 Å². The molecule has 0 aliphatic carbocycles. The minimum Gasteiger partial charge on any atom is -0.369 e. The minimum absolute atomic E-state index is 0.0150. The molecule has 8 nitrogen and oxygen atoms in total. The van der Waals surface area contributed by atoms with Crippen LogP contribution < -0.4 is 10.6 Å². The SMILES string of the molecule is C=CC1CC(C(=O)N2CCN(C)CC2)=C(C=C2c3cc(S(=O)(=O)Cc4c(C)cccc4C)ccc3NC2O)[NH2+]1. The van der Waals surface area contributed by atoms with E-state index in [1.54, 1.807) is 18.2 Å². The number of benzene rings is 2. The standard InChI is InChI=1S/C30H36N4O4S/c1-5-21-15-25(30(36)34-13-11-33(4)12-14-34)28(31-21)17-24-23-16-22(9-10-27(23)32-29(24)35)39(37,38)18-26-19(2)7-6-8-20(26)3/h5-10,16-17,21,29,31-32,35H,1,11-15,18H2,2-4H3/p+1. The summed E-state index contributed by atoms with van der Waals surface area (Å²) in [5.41, 5.74) is 5.98. The van der Waals surface area contributed by atoms with Crippen molar-refractivity contribution < 1.29 is 23.6 Å². The first-order valence-electron chi connectivity index (χ1n) is 13.3. The summed E-state index contributed by atoms with van der Waals surface area (Å²) < 4.78 is 27.0. The number of fused-ring (bicyclic) bond motifs is 1. The van der Waals surface area contributed by atoms with Crippen molar-refractivity contribution in [2.45, 2.75) is 43.2 Å². The Morgan fingerprint density at radius 3 is 2.51 bits per heavy atom. The number of hydrogen-bond acceptors (Lipinski definition) is 6. The summed E-state index contributed by atoms with van der Waals surface area (Å²) in [6.45, 7) is 10.8. The molecule has 206 valence electrons. The Balaban J connectivity index is 1.49. The van der Waals surface area contributed by atoms with E-state index in [0.29, 0.717) is 41.9 Å². The molecule has 0 aromatic heterocycles. The van der Waals surface area contributed by atoms with Gasteiger partial charge in [-0.15, -0.1) is 0 Å². The number of aryl methyl sites for hydroxylation is 2. The van der Waals surface area contributed by atoms with Crippen LogP contribution in [0.4, 0.5) is 5.69 Å². The number of quaternary nitrogens is 1. The molecule has 4 N–H and O–H groups in total. The molecule has 9 heteroatoms. The Labute approximate surface area is 230 Å². The Morgan fingerprint density at radius 2 is 1.85 bits per heavy atom. The molecule has 3 aliphatic heterocycles. The van der Waals surface area contributed by atoms with Gasteiger partial charge in [-0.3, -0.25) is 4.79 Å². The van der Waals surface area contributed by atoms with E-state index in [2.05, 4.69) is 23.8 Å². The first-order valence-corrected chi connectivity index (χ1v) is 15.0.